The van der Waals surface area contributed by atoms with Crippen LogP contribution in [0, 0.1) is 13.8 Å². The number of carbonyl (C=O) groups excluding carboxylic acids is 3. The van der Waals surface area contributed by atoms with Crippen LogP contribution in [-0.2, 0) is 14.3 Å². The average Bonchev–Trinajstić information content (AvgIpc) is 2.89. The Hall–Kier alpha value is -3.21. The number of hydrogen-bond acceptors (Lipinski definition) is 4. The van der Waals surface area contributed by atoms with Gasteiger partial charge in [0.05, 0.1) is 24.8 Å². The fourth-order valence-corrected chi connectivity index (χ4v) is 3.11. The number of imide groups is 1. The van der Waals surface area contributed by atoms with Gasteiger partial charge < -0.3 is 4.74 Å². The Morgan fingerprint density at radius 3 is 2.23 bits per heavy atom. The van der Waals surface area contributed by atoms with Gasteiger partial charge in [-0.25, -0.2) is 9.69 Å². The lowest BCUT2D eigenvalue weighted by molar-refractivity contribution is -0.120. The summed E-state index contributed by atoms with van der Waals surface area (Å²) in [6.45, 7) is 3.77. The number of anilines is 1. The molecule has 5 nitrogen and oxygen atoms in total. The Balaban J connectivity index is 1.91. The number of carbonyl (C=O) groups is 3. The highest BCUT2D eigenvalue weighted by atomic mass is 16.5. The average molecular weight is 349 g/mol. The van der Waals surface area contributed by atoms with Crippen LogP contribution in [0.15, 0.2) is 48.0 Å². The lowest BCUT2D eigenvalue weighted by Crippen LogP contribution is -2.30. The molecule has 3 rings (SSSR count). The maximum atomic E-state index is 12.8. The Labute approximate surface area is 151 Å². The van der Waals surface area contributed by atoms with E-state index >= 15 is 0 Å². The summed E-state index contributed by atoms with van der Waals surface area (Å²) < 4.78 is 4.67. The summed E-state index contributed by atoms with van der Waals surface area (Å²) >= 11 is 0. The minimum Gasteiger partial charge on any atom is -0.465 e. The van der Waals surface area contributed by atoms with Gasteiger partial charge in [0.15, 0.2) is 0 Å². The summed E-state index contributed by atoms with van der Waals surface area (Å²) in [5.74, 6) is -0.952. The molecule has 1 saturated heterocycles. The van der Waals surface area contributed by atoms with Crippen LogP contribution in [-0.4, -0.2) is 24.9 Å². The molecule has 0 radical (unpaired) electrons. The van der Waals surface area contributed by atoms with Gasteiger partial charge in [-0.05, 0) is 48.7 Å². The van der Waals surface area contributed by atoms with Crippen molar-refractivity contribution in [1.29, 1.82) is 0 Å². The zero-order valence-corrected chi connectivity index (χ0v) is 14.9. The van der Waals surface area contributed by atoms with Crippen LogP contribution in [0.1, 0.15) is 33.5 Å². The lowest BCUT2D eigenvalue weighted by Gasteiger charge is -2.18. The minimum absolute atomic E-state index is 0.0609. The van der Waals surface area contributed by atoms with E-state index in [0.717, 1.165) is 16.7 Å². The highest BCUT2D eigenvalue weighted by Gasteiger charge is 2.36. The summed E-state index contributed by atoms with van der Waals surface area (Å²) in [7, 11) is 1.32. The Kier molecular flexibility index (Phi) is 4.71. The molecule has 2 aromatic rings. The number of hydrogen-bond donors (Lipinski definition) is 0. The molecular formula is C21H19NO4. The first-order valence-corrected chi connectivity index (χ1v) is 8.25. The molecule has 26 heavy (non-hydrogen) atoms. The smallest absolute Gasteiger partial charge is 0.337 e. The van der Waals surface area contributed by atoms with E-state index in [2.05, 4.69) is 4.74 Å². The first-order valence-electron chi connectivity index (χ1n) is 8.25. The number of para-hydroxylation sites is 1. The number of esters is 1. The Morgan fingerprint density at radius 2 is 1.65 bits per heavy atom. The monoisotopic (exact) mass is 349 g/mol. The van der Waals surface area contributed by atoms with E-state index in [1.807, 2.05) is 32.0 Å². The summed E-state index contributed by atoms with van der Waals surface area (Å²) in [6.07, 6.45) is 1.75. The van der Waals surface area contributed by atoms with Crippen LogP contribution in [0.25, 0.3) is 6.08 Å². The molecule has 1 heterocycles. The van der Waals surface area contributed by atoms with Crippen molar-refractivity contribution in [3.8, 4) is 0 Å². The first-order chi connectivity index (χ1) is 12.4. The van der Waals surface area contributed by atoms with Gasteiger partial charge in [-0.1, -0.05) is 30.3 Å². The second kappa shape index (κ2) is 6.96. The molecule has 0 aliphatic carbocycles. The van der Waals surface area contributed by atoms with Crippen molar-refractivity contribution in [3.05, 3.63) is 70.3 Å². The summed E-state index contributed by atoms with van der Waals surface area (Å²) in [6, 6.07) is 12.4. The quantitative estimate of drug-likeness (QED) is 0.484. The van der Waals surface area contributed by atoms with E-state index in [9.17, 15) is 14.4 Å². The molecule has 2 amide bonds. The topological polar surface area (TPSA) is 63.7 Å². The van der Waals surface area contributed by atoms with E-state index in [1.165, 1.54) is 12.0 Å². The Bertz CT molecular complexity index is 905. The van der Waals surface area contributed by atoms with E-state index in [4.69, 9.17) is 0 Å². The zero-order valence-electron chi connectivity index (χ0n) is 14.9. The molecule has 0 bridgehead atoms. The van der Waals surface area contributed by atoms with E-state index in [-0.39, 0.29) is 18.2 Å². The number of benzene rings is 2. The number of methoxy groups -OCH3 is 1. The van der Waals surface area contributed by atoms with E-state index in [1.54, 1.807) is 30.3 Å². The van der Waals surface area contributed by atoms with Crippen LogP contribution in [0.3, 0.4) is 0 Å². The van der Waals surface area contributed by atoms with Crippen LogP contribution in [0.5, 0.6) is 0 Å². The molecule has 2 aromatic carbocycles. The molecule has 0 saturated carbocycles. The molecule has 0 spiro atoms. The summed E-state index contributed by atoms with van der Waals surface area (Å²) in [5.41, 5.74) is 4.04. The molecule has 1 aliphatic heterocycles. The van der Waals surface area contributed by atoms with Gasteiger partial charge in [0.25, 0.3) is 5.91 Å². The molecule has 0 atom stereocenters. The van der Waals surface area contributed by atoms with Gasteiger partial charge in [0, 0.05) is 5.57 Å². The van der Waals surface area contributed by atoms with Gasteiger partial charge in [0.2, 0.25) is 5.91 Å². The van der Waals surface area contributed by atoms with Gasteiger partial charge in [0.1, 0.15) is 0 Å². The summed E-state index contributed by atoms with van der Waals surface area (Å²) in [4.78, 5) is 38.0. The predicted molar refractivity (Wildman–Crippen MR) is 98.8 cm³/mol. The van der Waals surface area contributed by atoms with Crippen molar-refractivity contribution < 1.29 is 19.1 Å². The van der Waals surface area contributed by atoms with Crippen molar-refractivity contribution in [3.63, 3.8) is 0 Å². The van der Waals surface area contributed by atoms with Crippen molar-refractivity contribution in [1.82, 2.24) is 0 Å². The molecule has 1 fully saturated rings. The van der Waals surface area contributed by atoms with Crippen molar-refractivity contribution in [2.75, 3.05) is 12.0 Å². The number of nitrogens with zero attached hydrogens (tertiary/aromatic N) is 1. The third-order valence-corrected chi connectivity index (χ3v) is 4.40. The highest BCUT2D eigenvalue weighted by molar-refractivity contribution is 6.30. The number of rotatable bonds is 3. The fourth-order valence-electron chi connectivity index (χ4n) is 3.11. The Morgan fingerprint density at radius 1 is 1.04 bits per heavy atom. The van der Waals surface area contributed by atoms with Crippen molar-refractivity contribution in [2.45, 2.75) is 20.3 Å². The van der Waals surface area contributed by atoms with Crippen molar-refractivity contribution >= 4 is 29.5 Å². The molecule has 0 N–H and O–H groups in total. The van der Waals surface area contributed by atoms with Gasteiger partial charge in [-0.15, -0.1) is 0 Å². The van der Waals surface area contributed by atoms with Crippen LogP contribution in [0.2, 0.25) is 0 Å². The minimum atomic E-state index is -0.419. The maximum absolute atomic E-state index is 12.8. The van der Waals surface area contributed by atoms with Crippen LogP contribution in [0.4, 0.5) is 5.69 Å². The molecule has 0 aromatic heterocycles. The SMILES string of the molecule is COC(=O)c1ccc(/C=C2\CC(=O)N(c3c(C)cccc3C)C2=O)cc1. The van der Waals surface area contributed by atoms with Gasteiger partial charge >= 0.3 is 5.97 Å². The van der Waals surface area contributed by atoms with Crippen molar-refractivity contribution in [2.24, 2.45) is 0 Å². The molecule has 0 unspecified atom stereocenters. The lowest BCUT2D eigenvalue weighted by atomic mass is 10.1. The highest BCUT2D eigenvalue weighted by Crippen LogP contribution is 2.32. The number of ether oxygens (including phenoxy) is 1. The number of aryl methyl sites for hydroxylation is 2. The second-order valence-corrected chi connectivity index (χ2v) is 6.23. The van der Waals surface area contributed by atoms with Crippen LogP contribution >= 0.6 is 0 Å². The second-order valence-electron chi connectivity index (χ2n) is 6.23. The summed E-state index contributed by atoms with van der Waals surface area (Å²) in [5, 5.41) is 0. The van der Waals surface area contributed by atoms with E-state index in [0.29, 0.717) is 16.8 Å². The third kappa shape index (κ3) is 3.16. The molecule has 132 valence electrons. The molecule has 5 heteroatoms. The third-order valence-electron chi connectivity index (χ3n) is 4.40. The predicted octanol–water partition coefficient (Wildman–Crippen LogP) is 3.44. The first kappa shape index (κ1) is 17.6. The van der Waals surface area contributed by atoms with Gasteiger partial charge in [-0.3, -0.25) is 9.59 Å². The fraction of sp³-hybridized carbons (Fsp3) is 0.190. The van der Waals surface area contributed by atoms with Crippen LogP contribution < -0.4 is 4.90 Å². The number of amides is 2. The van der Waals surface area contributed by atoms with E-state index < -0.39 is 5.97 Å². The largest absolute Gasteiger partial charge is 0.465 e. The molecule has 1 aliphatic rings. The maximum Gasteiger partial charge on any atom is 0.337 e. The normalized spacial score (nSPS) is 15.7. The molecular weight excluding hydrogens is 330 g/mol. The standard InChI is InChI=1S/C21H19NO4/c1-13-5-4-6-14(2)19(13)22-18(23)12-17(20(22)24)11-15-7-9-16(10-8-15)21(25)26-3/h4-11H,12H2,1-3H3/b17-11+. The van der Waals surface area contributed by atoms with Gasteiger partial charge in [-0.2, -0.15) is 0 Å². The zero-order chi connectivity index (χ0) is 18.8.